The van der Waals surface area contributed by atoms with Gasteiger partial charge in [-0.1, -0.05) is 6.07 Å². The van der Waals surface area contributed by atoms with Crippen LogP contribution < -0.4 is 20.7 Å². The van der Waals surface area contributed by atoms with Crippen molar-refractivity contribution >= 4 is 84.9 Å². The fourth-order valence-electron chi connectivity index (χ4n) is 4.30. The zero-order chi connectivity index (χ0) is 40.9. The molecule has 4 aromatic rings. The number of rotatable bonds is 15. The third-order valence-electron chi connectivity index (χ3n) is 6.90. The molecule has 0 aliphatic carbocycles. The third-order valence-corrected chi connectivity index (χ3v) is 8.47. The number of ether oxygens (including phenoxy) is 1. The highest BCUT2D eigenvalue weighted by Gasteiger charge is 2.13. The summed E-state index contributed by atoms with van der Waals surface area (Å²) in [7, 11) is -7.37. The summed E-state index contributed by atoms with van der Waals surface area (Å²) >= 11 is 0. The van der Waals surface area contributed by atoms with Crippen molar-refractivity contribution in [3.63, 3.8) is 0 Å². The highest BCUT2D eigenvalue weighted by Crippen LogP contribution is 2.31. The fraction of sp³-hybridized carbons (Fsp3) is 0.121. The molecule has 56 heavy (non-hydrogen) atoms. The lowest BCUT2D eigenvalue weighted by Gasteiger charge is -2.12. The summed E-state index contributed by atoms with van der Waals surface area (Å²) in [5.74, 6) is -3.25. The van der Waals surface area contributed by atoms with Crippen LogP contribution in [0.15, 0.2) is 125 Å². The van der Waals surface area contributed by atoms with Crippen LogP contribution in [-0.2, 0) is 20.2 Å². The van der Waals surface area contributed by atoms with Gasteiger partial charge in [-0.15, -0.1) is 0 Å². The number of aliphatic imine (C=N–C) groups is 3. The standard InChI is InChI=1S/C33H32N10O11S2/c1-34-32(38-28-11-10-25(18-29(28)54-2)42-41-24-4-3-5-27(17-24)56(51,52)53)39-33(35-12-13-55(48,49)50)37-19-36-22-6-8-23(9-7-22)40-43-26-15-20(30(44)45)14-21(16-26)31(46)47/h3-11,14-18,36H,1,12-13,19H2,2H3,(H,44,45)(H,46,47)(H,48,49,50)(H,51,52,53)(H2,35,37,38,39). The van der Waals surface area contributed by atoms with Crippen LogP contribution in [0.5, 0.6) is 5.75 Å². The largest absolute Gasteiger partial charge is 0.494 e. The minimum absolute atomic E-state index is 0.0261. The fourth-order valence-corrected chi connectivity index (χ4v) is 5.18. The number of anilines is 2. The number of azo groups is 2. The van der Waals surface area contributed by atoms with Crippen molar-refractivity contribution in [3.05, 3.63) is 96.1 Å². The second kappa shape index (κ2) is 18.9. The van der Waals surface area contributed by atoms with Crippen LogP contribution in [0.3, 0.4) is 0 Å². The maximum absolute atomic E-state index is 11.4. The summed E-state index contributed by atoms with van der Waals surface area (Å²) in [6.45, 7) is 3.13. The van der Waals surface area contributed by atoms with Gasteiger partial charge in [0.2, 0.25) is 11.9 Å². The summed E-state index contributed by atoms with van der Waals surface area (Å²) in [6.07, 6.45) is 0. The van der Waals surface area contributed by atoms with E-state index in [0.717, 1.165) is 12.1 Å². The summed E-state index contributed by atoms with van der Waals surface area (Å²) in [4.78, 5) is 34.8. The first-order valence-corrected chi connectivity index (χ1v) is 18.7. The Balaban J connectivity index is 1.48. The zero-order valence-corrected chi connectivity index (χ0v) is 30.6. The van der Waals surface area contributed by atoms with E-state index < -0.39 is 37.9 Å². The Kier molecular flexibility index (Phi) is 14.1. The van der Waals surface area contributed by atoms with E-state index in [-0.39, 0.29) is 58.3 Å². The molecule has 0 atom stereocenters. The molecule has 292 valence electrons. The number of carboxylic acid groups (broad SMARTS) is 2. The lowest BCUT2D eigenvalue weighted by Crippen LogP contribution is -2.30. The average molecular weight is 809 g/mol. The number of carboxylic acids is 2. The van der Waals surface area contributed by atoms with E-state index in [4.69, 9.17) is 4.74 Å². The summed E-state index contributed by atoms with van der Waals surface area (Å²) in [6, 6.07) is 19.6. The maximum Gasteiger partial charge on any atom is 0.335 e. The van der Waals surface area contributed by atoms with Crippen molar-refractivity contribution in [1.29, 1.82) is 0 Å². The zero-order valence-electron chi connectivity index (χ0n) is 29.0. The first kappa shape index (κ1) is 41.8. The number of aromatic carboxylic acids is 2. The average Bonchev–Trinajstić information content (AvgIpc) is 3.15. The van der Waals surface area contributed by atoms with Crippen molar-refractivity contribution < 1.29 is 50.5 Å². The number of guanidine groups is 2. The molecule has 0 aliphatic rings. The van der Waals surface area contributed by atoms with Gasteiger partial charge in [0, 0.05) is 18.3 Å². The molecular formula is C33H32N10O11S2. The van der Waals surface area contributed by atoms with Gasteiger partial charge in [0.15, 0.2) is 0 Å². The number of nitrogens with one attached hydrogen (secondary N) is 3. The Morgan fingerprint density at radius 2 is 1.36 bits per heavy atom. The third kappa shape index (κ3) is 13.2. The Bertz CT molecular complexity index is 2420. The van der Waals surface area contributed by atoms with E-state index in [1.165, 1.54) is 43.5 Å². The van der Waals surface area contributed by atoms with Crippen molar-refractivity contribution in [2.24, 2.45) is 35.4 Å². The number of hydrogen-bond acceptors (Lipinski definition) is 13. The minimum Gasteiger partial charge on any atom is -0.494 e. The summed E-state index contributed by atoms with van der Waals surface area (Å²) in [5.41, 5.74) is 1.24. The molecule has 0 saturated heterocycles. The minimum atomic E-state index is -4.43. The highest BCUT2D eigenvalue weighted by atomic mass is 32.2. The van der Waals surface area contributed by atoms with E-state index in [1.807, 2.05) is 0 Å². The quantitative estimate of drug-likeness (QED) is 0.0336. The second-order valence-electron chi connectivity index (χ2n) is 10.9. The van der Waals surface area contributed by atoms with Crippen LogP contribution in [0.4, 0.5) is 34.1 Å². The van der Waals surface area contributed by atoms with Gasteiger partial charge in [0.05, 0.1) is 57.3 Å². The molecule has 0 unspecified atom stereocenters. The van der Waals surface area contributed by atoms with Crippen molar-refractivity contribution in [2.45, 2.75) is 4.90 Å². The lowest BCUT2D eigenvalue weighted by atomic mass is 10.1. The van der Waals surface area contributed by atoms with Crippen molar-refractivity contribution in [2.75, 3.05) is 36.7 Å². The van der Waals surface area contributed by atoms with Crippen molar-refractivity contribution in [3.8, 4) is 5.75 Å². The molecule has 0 aromatic heterocycles. The Labute approximate surface area is 318 Å². The van der Waals surface area contributed by atoms with Gasteiger partial charge in [0.25, 0.3) is 20.2 Å². The topological polar surface area (TPSA) is 315 Å². The van der Waals surface area contributed by atoms with Gasteiger partial charge in [0.1, 0.15) is 12.4 Å². The van der Waals surface area contributed by atoms with E-state index >= 15 is 0 Å². The molecule has 0 fully saturated rings. The smallest absolute Gasteiger partial charge is 0.335 e. The predicted octanol–water partition coefficient (Wildman–Crippen LogP) is 5.54. The Morgan fingerprint density at radius 3 is 1.95 bits per heavy atom. The van der Waals surface area contributed by atoms with Gasteiger partial charge < -0.3 is 30.9 Å². The number of carbonyl (C=O) groups is 2. The van der Waals surface area contributed by atoms with E-state index in [9.17, 15) is 45.7 Å². The summed E-state index contributed by atoms with van der Waals surface area (Å²) in [5, 5.41) is 43.2. The molecule has 23 heteroatoms. The van der Waals surface area contributed by atoms with Crippen LogP contribution in [0.1, 0.15) is 20.7 Å². The predicted molar refractivity (Wildman–Crippen MR) is 205 cm³/mol. The molecule has 0 saturated carbocycles. The lowest BCUT2D eigenvalue weighted by molar-refractivity contribution is 0.0696. The van der Waals surface area contributed by atoms with Crippen molar-refractivity contribution in [1.82, 2.24) is 5.32 Å². The van der Waals surface area contributed by atoms with Crippen LogP contribution in [0, 0.1) is 0 Å². The second-order valence-corrected chi connectivity index (χ2v) is 13.9. The SMILES string of the molecule is C=N/C(=N\C(=N/CNc1ccc(N=Nc2cc(C(=O)O)cc(C(=O)O)c2)cc1)NCCS(=O)(=O)O)Nc1ccc(N=Nc2cccc(S(=O)(=O)O)c2)cc1OC. The van der Waals surface area contributed by atoms with Gasteiger partial charge >= 0.3 is 11.9 Å². The number of nitrogens with zero attached hydrogens (tertiary/aromatic N) is 7. The van der Waals surface area contributed by atoms with Gasteiger partial charge in [-0.25, -0.2) is 19.6 Å². The molecular weight excluding hydrogens is 777 g/mol. The molecule has 4 rings (SSSR count). The Hall–Kier alpha value is -6.95. The molecule has 7 N–H and O–H groups in total. The molecule has 0 amide bonds. The van der Waals surface area contributed by atoms with Crippen LogP contribution in [0.25, 0.3) is 0 Å². The Morgan fingerprint density at radius 1 is 0.750 bits per heavy atom. The maximum atomic E-state index is 11.4. The van der Waals surface area contributed by atoms with E-state index in [1.54, 1.807) is 36.4 Å². The monoisotopic (exact) mass is 808 g/mol. The molecule has 21 nitrogen and oxygen atoms in total. The molecule has 0 radical (unpaired) electrons. The van der Waals surface area contributed by atoms with Gasteiger partial charge in [-0.05, 0) is 79.5 Å². The van der Waals surface area contributed by atoms with E-state index in [0.29, 0.717) is 22.7 Å². The first-order chi connectivity index (χ1) is 26.5. The van der Waals surface area contributed by atoms with Gasteiger partial charge in [-0.2, -0.15) is 42.3 Å². The van der Waals surface area contributed by atoms with Gasteiger partial charge in [-0.3, -0.25) is 9.11 Å². The molecule has 0 aliphatic heterocycles. The first-order valence-electron chi connectivity index (χ1n) is 15.6. The number of hydrogen-bond donors (Lipinski definition) is 7. The van der Waals surface area contributed by atoms with Crippen LogP contribution in [0.2, 0.25) is 0 Å². The number of benzene rings is 4. The van der Waals surface area contributed by atoms with Crippen LogP contribution >= 0.6 is 0 Å². The normalized spacial score (nSPS) is 12.4. The highest BCUT2D eigenvalue weighted by molar-refractivity contribution is 7.86. The molecule has 0 spiro atoms. The van der Waals surface area contributed by atoms with Crippen LogP contribution in [-0.4, -0.2) is 92.8 Å². The molecule has 4 aromatic carbocycles. The molecule has 0 bridgehead atoms. The number of methoxy groups -OCH3 is 1. The molecule has 0 heterocycles. The van der Waals surface area contributed by atoms with E-state index in [2.05, 4.69) is 58.1 Å². The summed E-state index contributed by atoms with van der Waals surface area (Å²) < 4.78 is 69.4.